The van der Waals surface area contributed by atoms with Crippen LogP contribution < -0.4 is 0 Å². The lowest BCUT2D eigenvalue weighted by Crippen LogP contribution is -2.01. The minimum Gasteiger partial charge on any atom is -0.220 e. The first-order chi connectivity index (χ1) is 16.1. The van der Waals surface area contributed by atoms with Gasteiger partial charge in [0.2, 0.25) is 11.6 Å². The zero-order chi connectivity index (χ0) is 24.6. The molecule has 14 heteroatoms. The van der Waals surface area contributed by atoms with Gasteiger partial charge in [0, 0.05) is 0 Å². The van der Waals surface area contributed by atoms with E-state index < -0.39 is 36.1 Å². The van der Waals surface area contributed by atoms with Crippen molar-refractivity contribution in [1.29, 1.82) is 0 Å². The van der Waals surface area contributed by atoms with Crippen LogP contribution in [0.15, 0.2) is 46.7 Å². The fourth-order valence-electron chi connectivity index (χ4n) is 2.98. The quantitative estimate of drug-likeness (QED) is 0.209. The maximum Gasteiger partial charge on any atom is 0.299 e. The number of aromatic nitrogens is 6. The van der Waals surface area contributed by atoms with Gasteiger partial charge in [0.05, 0.1) is 21.2 Å². The molecule has 0 aliphatic rings. The monoisotopic (exact) mass is 516 g/mol. The van der Waals surface area contributed by atoms with Crippen molar-refractivity contribution in [2.45, 2.75) is 36.5 Å². The molecule has 6 nitrogen and oxygen atoms in total. The molecule has 0 spiro atoms. The van der Waals surface area contributed by atoms with Crippen LogP contribution in [0.25, 0.3) is 11.4 Å². The van der Waals surface area contributed by atoms with Crippen LogP contribution >= 0.6 is 21.6 Å². The summed E-state index contributed by atoms with van der Waals surface area (Å²) in [4.78, 5) is 7.27. The summed E-state index contributed by atoms with van der Waals surface area (Å²) in [5, 5.41) is 7.40. The van der Waals surface area contributed by atoms with Gasteiger partial charge in [0.1, 0.15) is 24.3 Å². The molecule has 2 aromatic carbocycles. The van der Waals surface area contributed by atoms with Gasteiger partial charge in [-0.3, -0.25) is 0 Å². The maximum atomic E-state index is 14.6. The van der Waals surface area contributed by atoms with Crippen molar-refractivity contribution < 1.29 is 26.3 Å². The van der Waals surface area contributed by atoms with Gasteiger partial charge in [0.25, 0.3) is 12.9 Å². The number of benzene rings is 2. The van der Waals surface area contributed by atoms with Gasteiger partial charge in [-0.15, -0.1) is 10.2 Å². The molecule has 0 atom stereocenters. The Labute approximate surface area is 196 Å². The van der Waals surface area contributed by atoms with E-state index in [4.69, 9.17) is 0 Å². The highest BCUT2D eigenvalue weighted by atomic mass is 33.1. The summed E-state index contributed by atoms with van der Waals surface area (Å²) in [7, 11) is 1.78. The lowest BCUT2D eigenvalue weighted by Gasteiger charge is -2.11. The Kier molecular flexibility index (Phi) is 6.89. The molecule has 34 heavy (non-hydrogen) atoms. The molecule has 0 aliphatic heterocycles. The van der Waals surface area contributed by atoms with Gasteiger partial charge < -0.3 is 0 Å². The highest BCUT2D eigenvalue weighted by Gasteiger charge is 2.18. The normalized spacial score (nSPS) is 11.7. The highest BCUT2D eigenvalue weighted by Crippen LogP contribution is 2.42. The van der Waals surface area contributed by atoms with Crippen molar-refractivity contribution in [1.82, 2.24) is 29.5 Å². The Morgan fingerprint density at radius 2 is 1.06 bits per heavy atom. The van der Waals surface area contributed by atoms with Crippen LogP contribution in [-0.4, -0.2) is 29.5 Å². The molecule has 2 heterocycles. The second kappa shape index (κ2) is 9.70. The average Bonchev–Trinajstić information content (AvgIpc) is 3.44. The zero-order valence-corrected chi connectivity index (χ0v) is 19.0. The number of nitrogens with zero attached hydrogens (tertiary/aromatic N) is 6. The lowest BCUT2D eigenvalue weighted by atomic mass is 10.2. The number of halogens is 6. The Hall–Kier alpha value is -3.00. The molecule has 0 saturated carbocycles. The second-order valence-corrected chi connectivity index (χ2v) is 9.21. The van der Waals surface area contributed by atoms with E-state index in [9.17, 15) is 26.3 Å². The average molecular weight is 516 g/mol. The fourth-order valence-corrected chi connectivity index (χ4v) is 5.06. The predicted octanol–water partition coefficient (Wildman–Crippen LogP) is 6.42. The third kappa shape index (κ3) is 4.92. The summed E-state index contributed by atoms with van der Waals surface area (Å²) >= 11 is 0. The molecule has 0 radical (unpaired) electrons. The molecule has 0 aliphatic carbocycles. The van der Waals surface area contributed by atoms with E-state index in [1.165, 1.54) is 24.3 Å². The number of rotatable bonds is 7. The summed E-state index contributed by atoms with van der Waals surface area (Å²) in [6.07, 6.45) is -3.51. The Morgan fingerprint density at radius 1 is 0.676 bits per heavy atom. The first kappa shape index (κ1) is 24.1. The van der Waals surface area contributed by atoms with Gasteiger partial charge in [-0.2, -0.15) is 0 Å². The van der Waals surface area contributed by atoms with E-state index in [-0.39, 0.29) is 9.79 Å². The molecule has 0 bridgehead atoms. The lowest BCUT2D eigenvalue weighted by molar-refractivity contribution is 0.140. The second-order valence-electron chi connectivity index (χ2n) is 7.00. The van der Waals surface area contributed by atoms with Crippen molar-refractivity contribution in [3.63, 3.8) is 0 Å². The molecule has 0 amide bonds. The Balaban J connectivity index is 1.61. The molecule has 0 N–H and O–H groups in total. The maximum absolute atomic E-state index is 14.6. The number of aryl methyl sites for hydroxylation is 2. The smallest absolute Gasteiger partial charge is 0.220 e. The zero-order valence-electron chi connectivity index (χ0n) is 17.4. The summed E-state index contributed by atoms with van der Waals surface area (Å²) < 4.78 is 82.7. The molecular weight excluding hydrogens is 502 g/mol. The molecule has 2 aromatic heterocycles. The van der Waals surface area contributed by atoms with E-state index >= 15 is 0 Å². The van der Waals surface area contributed by atoms with Crippen molar-refractivity contribution in [2.75, 3.05) is 0 Å². The fraction of sp³-hybridized carbons (Fsp3) is 0.200. The largest absolute Gasteiger partial charge is 0.299 e. The van der Waals surface area contributed by atoms with Crippen molar-refractivity contribution >= 4 is 21.6 Å². The van der Waals surface area contributed by atoms with Crippen LogP contribution in [0.2, 0.25) is 0 Å². The standard InChI is InChI=1S/C20H14F6N6S2/c1-9-3-11(21)15(5-13(9)31-7-27-19(29-31)17(23)24)33-34-16-6-14(10(2)4-12(16)22)32-8-28-20(30-32)18(25)26/h3-8,17-18H,1-2H3. The first-order valence-corrected chi connectivity index (χ1v) is 11.6. The Morgan fingerprint density at radius 3 is 1.38 bits per heavy atom. The van der Waals surface area contributed by atoms with Gasteiger partial charge in [-0.1, -0.05) is 0 Å². The molecule has 0 saturated heterocycles. The van der Waals surface area contributed by atoms with E-state index in [0.717, 1.165) is 43.6 Å². The van der Waals surface area contributed by atoms with E-state index in [2.05, 4.69) is 20.2 Å². The SMILES string of the molecule is Cc1cc(F)c(SSc2cc(-n3cnc(C(F)F)n3)c(C)cc2F)cc1-n1cnc(C(F)F)n1. The molecule has 4 aromatic rings. The molecule has 0 unspecified atom stereocenters. The predicted molar refractivity (Wildman–Crippen MR) is 114 cm³/mol. The summed E-state index contributed by atoms with van der Waals surface area (Å²) in [5.41, 5.74) is 1.52. The molecule has 178 valence electrons. The first-order valence-electron chi connectivity index (χ1n) is 9.49. The summed E-state index contributed by atoms with van der Waals surface area (Å²) in [6, 6.07) is 5.21. The minimum absolute atomic E-state index is 0.0990. The van der Waals surface area contributed by atoms with Crippen LogP contribution in [0, 0.1) is 25.5 Å². The van der Waals surface area contributed by atoms with Crippen LogP contribution in [0.5, 0.6) is 0 Å². The van der Waals surface area contributed by atoms with Gasteiger partial charge in [0.15, 0.2) is 0 Å². The number of hydrogen-bond donors (Lipinski definition) is 0. The van der Waals surface area contributed by atoms with Crippen LogP contribution in [-0.2, 0) is 0 Å². The topological polar surface area (TPSA) is 61.4 Å². The molecular formula is C20H14F6N6S2. The Bertz CT molecular complexity index is 1240. The van der Waals surface area contributed by atoms with E-state index in [1.54, 1.807) is 13.8 Å². The molecule has 0 fully saturated rings. The third-order valence-corrected chi connectivity index (χ3v) is 7.02. The van der Waals surface area contributed by atoms with Gasteiger partial charge >= 0.3 is 0 Å². The van der Waals surface area contributed by atoms with Crippen molar-refractivity contribution in [3.05, 3.63) is 71.3 Å². The number of alkyl halides is 4. The van der Waals surface area contributed by atoms with Crippen molar-refractivity contribution in [3.8, 4) is 11.4 Å². The summed E-state index contributed by atoms with van der Waals surface area (Å²) in [5.74, 6) is -2.52. The van der Waals surface area contributed by atoms with E-state index in [0.29, 0.717) is 22.5 Å². The van der Waals surface area contributed by atoms with Crippen LogP contribution in [0.4, 0.5) is 26.3 Å². The van der Waals surface area contributed by atoms with Gasteiger partial charge in [-0.05, 0) is 70.8 Å². The van der Waals surface area contributed by atoms with Crippen LogP contribution in [0.1, 0.15) is 35.6 Å². The third-order valence-electron chi connectivity index (χ3n) is 4.63. The number of hydrogen-bond acceptors (Lipinski definition) is 6. The minimum atomic E-state index is -2.85. The van der Waals surface area contributed by atoms with Crippen molar-refractivity contribution in [2.24, 2.45) is 0 Å². The summed E-state index contributed by atoms with van der Waals surface area (Å²) in [6.45, 7) is 3.17. The van der Waals surface area contributed by atoms with Crippen LogP contribution in [0.3, 0.4) is 0 Å². The van der Waals surface area contributed by atoms with Gasteiger partial charge in [-0.25, -0.2) is 45.7 Å². The highest BCUT2D eigenvalue weighted by molar-refractivity contribution is 8.76. The molecule has 4 rings (SSSR count). The van der Waals surface area contributed by atoms with E-state index in [1.807, 2.05) is 0 Å².